The normalized spacial score (nSPS) is 12.3. The molecule has 1 atom stereocenters. The summed E-state index contributed by atoms with van der Waals surface area (Å²) in [4.78, 5) is 0. The predicted octanol–water partition coefficient (Wildman–Crippen LogP) is 3.91. The van der Waals surface area contributed by atoms with Crippen LogP contribution in [0.1, 0.15) is 11.7 Å². The van der Waals surface area contributed by atoms with Gasteiger partial charge in [-0.2, -0.15) is 0 Å². The Morgan fingerprint density at radius 2 is 1.42 bits per heavy atom. The van der Waals surface area contributed by atoms with Gasteiger partial charge in [-0.1, -0.05) is 66.7 Å². The molecule has 3 aromatic rings. The Balaban J connectivity index is 1.94. The summed E-state index contributed by atoms with van der Waals surface area (Å²) in [7, 11) is 0. The van der Waals surface area contributed by atoms with Crippen molar-refractivity contribution in [2.75, 3.05) is 5.32 Å². The molecule has 0 amide bonds. The van der Waals surface area contributed by atoms with E-state index in [1.54, 1.807) is 0 Å². The number of benzene rings is 3. The molecule has 94 valence electrons. The third-order valence-corrected chi connectivity index (χ3v) is 3.26. The first-order valence-electron chi connectivity index (χ1n) is 6.39. The Bertz CT molecular complexity index is 672. The first kappa shape index (κ1) is 11.8. The second kappa shape index (κ2) is 5.12. The molecule has 0 aliphatic carbocycles. The maximum Gasteiger partial charge on any atom is 0.101 e. The fourth-order valence-corrected chi connectivity index (χ4v) is 2.26. The van der Waals surface area contributed by atoms with Crippen LogP contribution < -0.4 is 11.1 Å². The third-order valence-electron chi connectivity index (χ3n) is 3.26. The van der Waals surface area contributed by atoms with E-state index in [2.05, 4.69) is 29.6 Å². The van der Waals surface area contributed by atoms with Crippen molar-refractivity contribution in [3.63, 3.8) is 0 Å². The molecule has 0 saturated heterocycles. The van der Waals surface area contributed by atoms with Gasteiger partial charge in [0.25, 0.3) is 0 Å². The Morgan fingerprint density at radius 1 is 0.737 bits per heavy atom. The number of hydrogen-bond acceptors (Lipinski definition) is 2. The van der Waals surface area contributed by atoms with E-state index in [0.29, 0.717) is 0 Å². The lowest BCUT2D eigenvalue weighted by Crippen LogP contribution is -2.19. The van der Waals surface area contributed by atoms with Crippen LogP contribution in [0.4, 0.5) is 5.69 Å². The minimum atomic E-state index is -0.202. The van der Waals surface area contributed by atoms with E-state index in [1.165, 1.54) is 10.8 Å². The molecule has 3 aromatic carbocycles. The van der Waals surface area contributed by atoms with E-state index < -0.39 is 0 Å². The first-order chi connectivity index (χ1) is 9.34. The van der Waals surface area contributed by atoms with Crippen LogP contribution in [0.25, 0.3) is 10.8 Å². The number of fused-ring (bicyclic) bond motifs is 1. The van der Waals surface area contributed by atoms with Gasteiger partial charge in [0.2, 0.25) is 0 Å². The van der Waals surface area contributed by atoms with Gasteiger partial charge in [-0.25, -0.2) is 0 Å². The monoisotopic (exact) mass is 248 g/mol. The van der Waals surface area contributed by atoms with Crippen molar-refractivity contribution >= 4 is 16.5 Å². The van der Waals surface area contributed by atoms with E-state index >= 15 is 0 Å². The standard InChI is InChI=1S/C17H16N2/c18-17(14-8-2-1-3-9-14)19-16-12-6-10-13-7-4-5-11-15(13)16/h1-12,17,19H,18H2. The zero-order valence-corrected chi connectivity index (χ0v) is 10.6. The minimum Gasteiger partial charge on any atom is -0.366 e. The van der Waals surface area contributed by atoms with E-state index in [9.17, 15) is 0 Å². The maximum atomic E-state index is 6.21. The number of nitrogens with two attached hydrogens (primary N) is 1. The lowest BCUT2D eigenvalue weighted by Gasteiger charge is -2.17. The highest BCUT2D eigenvalue weighted by Gasteiger charge is 2.06. The predicted molar refractivity (Wildman–Crippen MR) is 80.9 cm³/mol. The molecule has 0 heterocycles. The Morgan fingerprint density at radius 3 is 2.26 bits per heavy atom. The minimum absolute atomic E-state index is 0.202. The van der Waals surface area contributed by atoms with Crippen molar-refractivity contribution in [1.82, 2.24) is 0 Å². The average molecular weight is 248 g/mol. The van der Waals surface area contributed by atoms with Gasteiger partial charge in [0, 0.05) is 11.1 Å². The van der Waals surface area contributed by atoms with Gasteiger partial charge >= 0.3 is 0 Å². The summed E-state index contributed by atoms with van der Waals surface area (Å²) >= 11 is 0. The highest BCUT2D eigenvalue weighted by molar-refractivity contribution is 5.93. The molecule has 0 fully saturated rings. The second-order valence-electron chi connectivity index (χ2n) is 4.56. The van der Waals surface area contributed by atoms with Gasteiger partial charge in [0.05, 0.1) is 0 Å². The molecule has 0 saturated carbocycles. The molecule has 0 bridgehead atoms. The maximum absolute atomic E-state index is 6.21. The molecule has 2 nitrogen and oxygen atoms in total. The van der Waals surface area contributed by atoms with Gasteiger partial charge in [0.15, 0.2) is 0 Å². The van der Waals surface area contributed by atoms with Crippen LogP contribution >= 0.6 is 0 Å². The fraction of sp³-hybridized carbons (Fsp3) is 0.0588. The summed E-state index contributed by atoms with van der Waals surface area (Å²) in [5.74, 6) is 0. The molecule has 0 aromatic heterocycles. The molecule has 3 rings (SSSR count). The van der Waals surface area contributed by atoms with Crippen molar-refractivity contribution in [2.45, 2.75) is 6.17 Å². The lowest BCUT2D eigenvalue weighted by atomic mass is 10.1. The van der Waals surface area contributed by atoms with Crippen molar-refractivity contribution in [1.29, 1.82) is 0 Å². The van der Waals surface area contributed by atoms with Crippen molar-refractivity contribution < 1.29 is 0 Å². The fourth-order valence-electron chi connectivity index (χ4n) is 2.26. The van der Waals surface area contributed by atoms with Crippen molar-refractivity contribution in [3.8, 4) is 0 Å². The molecule has 1 unspecified atom stereocenters. The van der Waals surface area contributed by atoms with Crippen LogP contribution in [0.2, 0.25) is 0 Å². The van der Waals surface area contributed by atoms with E-state index in [-0.39, 0.29) is 6.17 Å². The zero-order valence-electron chi connectivity index (χ0n) is 10.6. The quantitative estimate of drug-likeness (QED) is 0.690. The highest BCUT2D eigenvalue weighted by Crippen LogP contribution is 2.25. The van der Waals surface area contributed by atoms with Crippen molar-refractivity contribution in [3.05, 3.63) is 78.4 Å². The summed E-state index contributed by atoms with van der Waals surface area (Å²) < 4.78 is 0. The second-order valence-corrected chi connectivity index (χ2v) is 4.56. The number of nitrogens with one attached hydrogen (secondary N) is 1. The molecule has 3 N–H and O–H groups in total. The zero-order chi connectivity index (χ0) is 13.1. The summed E-state index contributed by atoms with van der Waals surface area (Å²) in [6, 6.07) is 24.6. The van der Waals surface area contributed by atoms with Gasteiger partial charge < -0.3 is 11.1 Å². The van der Waals surface area contributed by atoms with Crippen LogP contribution in [-0.2, 0) is 0 Å². The van der Waals surface area contributed by atoms with Gasteiger partial charge in [-0.3, -0.25) is 0 Å². The van der Waals surface area contributed by atoms with E-state index in [4.69, 9.17) is 5.73 Å². The Labute approximate surface area is 112 Å². The molecular weight excluding hydrogens is 232 g/mol. The molecule has 19 heavy (non-hydrogen) atoms. The van der Waals surface area contributed by atoms with Gasteiger partial charge in [-0.15, -0.1) is 0 Å². The summed E-state index contributed by atoms with van der Waals surface area (Å²) in [6.07, 6.45) is -0.202. The summed E-state index contributed by atoms with van der Waals surface area (Å²) in [5.41, 5.74) is 8.35. The van der Waals surface area contributed by atoms with Crippen LogP contribution in [0, 0.1) is 0 Å². The van der Waals surface area contributed by atoms with Crippen molar-refractivity contribution in [2.24, 2.45) is 5.73 Å². The highest BCUT2D eigenvalue weighted by atomic mass is 15.0. The van der Waals surface area contributed by atoms with Gasteiger partial charge in [0.1, 0.15) is 6.17 Å². The topological polar surface area (TPSA) is 38.0 Å². The molecular formula is C17H16N2. The lowest BCUT2D eigenvalue weighted by molar-refractivity contribution is 0.838. The largest absolute Gasteiger partial charge is 0.366 e. The number of rotatable bonds is 3. The SMILES string of the molecule is NC(Nc1cccc2ccccc12)c1ccccc1. The smallest absolute Gasteiger partial charge is 0.101 e. The molecule has 0 radical (unpaired) electrons. The average Bonchev–Trinajstić information content (AvgIpc) is 2.48. The first-order valence-corrected chi connectivity index (χ1v) is 6.39. The van der Waals surface area contributed by atoms with E-state index in [0.717, 1.165) is 11.3 Å². The molecule has 0 aliphatic heterocycles. The van der Waals surface area contributed by atoms with E-state index in [1.807, 2.05) is 48.5 Å². The summed E-state index contributed by atoms with van der Waals surface area (Å²) in [6.45, 7) is 0. The van der Waals surface area contributed by atoms with Crippen LogP contribution in [0.3, 0.4) is 0 Å². The molecule has 0 spiro atoms. The van der Waals surface area contributed by atoms with Gasteiger partial charge in [-0.05, 0) is 17.0 Å². The molecule has 0 aliphatic rings. The third kappa shape index (κ3) is 2.44. The number of anilines is 1. The molecule has 2 heteroatoms. The Hall–Kier alpha value is -2.32. The van der Waals surface area contributed by atoms with Crippen LogP contribution in [0.5, 0.6) is 0 Å². The summed E-state index contributed by atoms with van der Waals surface area (Å²) in [5, 5.41) is 5.79. The van der Waals surface area contributed by atoms with Crippen LogP contribution in [-0.4, -0.2) is 0 Å². The Kier molecular flexibility index (Phi) is 3.17. The van der Waals surface area contributed by atoms with Crippen LogP contribution in [0.15, 0.2) is 72.8 Å². The number of hydrogen-bond donors (Lipinski definition) is 2.